The van der Waals surface area contributed by atoms with Gasteiger partial charge in [0.2, 0.25) is 0 Å². The van der Waals surface area contributed by atoms with Gasteiger partial charge in [0.25, 0.3) is 0 Å². The van der Waals surface area contributed by atoms with Crippen LogP contribution in [0.15, 0.2) is 8.47 Å². The zero-order valence-corrected chi connectivity index (χ0v) is 8.13. The fourth-order valence-electron chi connectivity index (χ4n) is 0.175. The van der Waals surface area contributed by atoms with E-state index in [1.165, 1.54) is 0 Å². The van der Waals surface area contributed by atoms with E-state index in [9.17, 15) is 0 Å². The molecule has 0 aliphatic rings. The Kier molecular flexibility index (Phi) is 5.68. The quantitative estimate of drug-likeness (QED) is 0.633. The maximum Gasteiger partial charge on any atom is 0.0566 e. The molecule has 0 heterocycles. The molecule has 0 N–H and O–H groups in total. The highest BCUT2D eigenvalue weighted by molar-refractivity contribution is 8.21. The summed E-state index contributed by atoms with van der Waals surface area (Å²) in [5.41, 5.74) is 0. The molecule has 0 spiro atoms. The lowest BCUT2D eigenvalue weighted by atomic mass is 11.2. The van der Waals surface area contributed by atoms with Gasteiger partial charge in [0.15, 0.2) is 0 Å². The predicted octanol–water partition coefficient (Wildman–Crippen LogP) is 2.70. The lowest BCUT2D eigenvalue weighted by Gasteiger charge is -1.96. The highest BCUT2D eigenvalue weighted by Gasteiger charge is 1.92. The van der Waals surface area contributed by atoms with E-state index in [1.807, 2.05) is 12.5 Å². The molecule has 0 saturated heterocycles. The molecule has 0 aliphatic heterocycles. The number of thiol groups is 2. The number of hydrogen-bond donors (Lipinski definition) is 2. The second-order valence-corrected chi connectivity index (χ2v) is 4.15. The Bertz CT molecular complexity index is 84.2. The molecule has 48 valence electrons. The lowest BCUT2D eigenvalue weighted by Crippen LogP contribution is -1.63. The molecule has 0 bridgehead atoms. The SMILES string of the molecule is CS/C(S)=C(\S)SC. The summed E-state index contributed by atoms with van der Waals surface area (Å²) in [7, 11) is 0. The van der Waals surface area contributed by atoms with Crippen LogP contribution >= 0.6 is 48.8 Å². The molecule has 0 aromatic carbocycles. The normalized spacial score (nSPS) is 13.5. The standard InChI is InChI=1S/C4H8S4/c1-7-3(5)4(6)8-2/h5-6H,1-2H3/b4-3+. The fraction of sp³-hybridized carbons (Fsp3) is 0.500. The maximum absolute atomic E-state index is 4.15. The molecule has 0 aromatic rings. The lowest BCUT2D eigenvalue weighted by molar-refractivity contribution is 2.30. The van der Waals surface area contributed by atoms with Gasteiger partial charge in [-0.25, -0.2) is 0 Å². The van der Waals surface area contributed by atoms with Gasteiger partial charge in [-0.1, -0.05) is 0 Å². The summed E-state index contributed by atoms with van der Waals surface area (Å²) in [5.74, 6) is 0. The van der Waals surface area contributed by atoms with Crippen LogP contribution in [0.5, 0.6) is 0 Å². The summed E-state index contributed by atoms with van der Waals surface area (Å²) in [5, 5.41) is 0. The smallest absolute Gasteiger partial charge is 0.0566 e. The van der Waals surface area contributed by atoms with Crippen LogP contribution in [0.1, 0.15) is 0 Å². The minimum Gasteiger partial charge on any atom is -0.135 e. The molecule has 0 radical (unpaired) electrons. The van der Waals surface area contributed by atoms with Gasteiger partial charge >= 0.3 is 0 Å². The predicted molar refractivity (Wildman–Crippen MR) is 52.0 cm³/mol. The van der Waals surface area contributed by atoms with E-state index in [-0.39, 0.29) is 0 Å². The molecule has 8 heavy (non-hydrogen) atoms. The Hall–Kier alpha value is 1.14. The first-order chi connectivity index (χ1) is 3.72. The summed E-state index contributed by atoms with van der Waals surface area (Å²) < 4.78 is 1.97. The molecular formula is C4H8S4. The van der Waals surface area contributed by atoms with E-state index >= 15 is 0 Å². The van der Waals surface area contributed by atoms with Gasteiger partial charge in [0, 0.05) is 0 Å². The molecular weight excluding hydrogens is 176 g/mol. The molecule has 4 heteroatoms. The van der Waals surface area contributed by atoms with E-state index in [0.717, 1.165) is 8.47 Å². The van der Waals surface area contributed by atoms with Crippen molar-refractivity contribution in [2.75, 3.05) is 12.5 Å². The second-order valence-electron chi connectivity index (χ2n) is 1.02. The summed E-state index contributed by atoms with van der Waals surface area (Å²) in [4.78, 5) is 0. The van der Waals surface area contributed by atoms with E-state index in [0.29, 0.717) is 0 Å². The largest absolute Gasteiger partial charge is 0.135 e. The fourth-order valence-corrected chi connectivity index (χ4v) is 1.57. The van der Waals surface area contributed by atoms with Gasteiger partial charge in [-0.3, -0.25) is 0 Å². The second kappa shape index (κ2) is 4.97. The van der Waals surface area contributed by atoms with Crippen molar-refractivity contribution in [3.05, 3.63) is 8.47 Å². The summed E-state index contributed by atoms with van der Waals surface area (Å²) >= 11 is 11.5. The Morgan fingerprint density at radius 1 is 1.00 bits per heavy atom. The van der Waals surface area contributed by atoms with Crippen LogP contribution in [-0.2, 0) is 0 Å². The molecule has 0 amide bonds. The summed E-state index contributed by atoms with van der Waals surface area (Å²) in [6.45, 7) is 0. The Morgan fingerprint density at radius 2 is 1.25 bits per heavy atom. The third kappa shape index (κ3) is 3.22. The zero-order valence-electron chi connectivity index (χ0n) is 4.71. The minimum absolute atomic E-state index is 0.987. The molecule has 0 rings (SSSR count). The van der Waals surface area contributed by atoms with Gasteiger partial charge in [0.1, 0.15) is 0 Å². The van der Waals surface area contributed by atoms with Crippen molar-refractivity contribution in [1.29, 1.82) is 0 Å². The number of thioether (sulfide) groups is 2. The van der Waals surface area contributed by atoms with Crippen LogP contribution in [-0.4, -0.2) is 12.5 Å². The molecule has 0 aromatic heterocycles. The maximum atomic E-state index is 4.15. The molecule has 0 saturated carbocycles. The molecule has 0 nitrogen and oxygen atoms in total. The average molecular weight is 184 g/mol. The van der Waals surface area contributed by atoms with E-state index < -0.39 is 0 Å². The molecule has 0 aliphatic carbocycles. The Morgan fingerprint density at radius 3 is 1.38 bits per heavy atom. The minimum atomic E-state index is 0.987. The molecule has 0 atom stereocenters. The van der Waals surface area contributed by atoms with Crippen molar-refractivity contribution >= 4 is 48.8 Å². The van der Waals surface area contributed by atoms with Gasteiger partial charge in [-0.2, -0.15) is 0 Å². The van der Waals surface area contributed by atoms with Crippen LogP contribution in [0, 0.1) is 0 Å². The zero-order chi connectivity index (χ0) is 6.57. The first kappa shape index (κ1) is 9.14. The van der Waals surface area contributed by atoms with E-state index in [1.54, 1.807) is 23.5 Å². The van der Waals surface area contributed by atoms with Crippen LogP contribution in [0.2, 0.25) is 0 Å². The molecule has 0 unspecified atom stereocenters. The number of rotatable bonds is 2. The van der Waals surface area contributed by atoms with E-state index in [2.05, 4.69) is 25.3 Å². The summed E-state index contributed by atoms with van der Waals surface area (Å²) in [6, 6.07) is 0. The van der Waals surface area contributed by atoms with E-state index in [4.69, 9.17) is 0 Å². The highest BCUT2D eigenvalue weighted by atomic mass is 32.2. The van der Waals surface area contributed by atoms with Crippen LogP contribution < -0.4 is 0 Å². The summed E-state index contributed by atoms with van der Waals surface area (Å²) in [6.07, 6.45) is 3.96. The van der Waals surface area contributed by atoms with Crippen molar-refractivity contribution in [2.24, 2.45) is 0 Å². The van der Waals surface area contributed by atoms with Crippen molar-refractivity contribution in [1.82, 2.24) is 0 Å². The van der Waals surface area contributed by atoms with Gasteiger partial charge < -0.3 is 0 Å². The Balaban J connectivity index is 3.83. The topological polar surface area (TPSA) is 0 Å². The molecule has 0 fully saturated rings. The highest BCUT2D eigenvalue weighted by Crippen LogP contribution is 2.29. The van der Waals surface area contributed by atoms with Crippen LogP contribution in [0.25, 0.3) is 0 Å². The number of hydrogen-bond acceptors (Lipinski definition) is 4. The van der Waals surface area contributed by atoms with Gasteiger partial charge in [0.05, 0.1) is 8.47 Å². The first-order valence-corrected chi connectivity index (χ1v) is 5.27. The van der Waals surface area contributed by atoms with Crippen LogP contribution in [0.3, 0.4) is 0 Å². The van der Waals surface area contributed by atoms with Gasteiger partial charge in [-0.15, -0.1) is 48.8 Å². The Labute approximate surface area is 69.7 Å². The van der Waals surface area contributed by atoms with Crippen LogP contribution in [0.4, 0.5) is 0 Å². The van der Waals surface area contributed by atoms with Gasteiger partial charge in [-0.05, 0) is 12.5 Å². The monoisotopic (exact) mass is 184 g/mol. The third-order valence-electron chi connectivity index (χ3n) is 0.570. The van der Waals surface area contributed by atoms with Crippen molar-refractivity contribution in [3.63, 3.8) is 0 Å². The average Bonchev–Trinajstić information content (AvgIpc) is 1.84. The van der Waals surface area contributed by atoms with Crippen molar-refractivity contribution < 1.29 is 0 Å². The first-order valence-electron chi connectivity index (χ1n) is 1.92. The third-order valence-corrected chi connectivity index (χ3v) is 3.90. The van der Waals surface area contributed by atoms with Crippen molar-refractivity contribution in [2.45, 2.75) is 0 Å². The van der Waals surface area contributed by atoms with Crippen molar-refractivity contribution in [3.8, 4) is 0 Å².